The van der Waals surface area contributed by atoms with Gasteiger partial charge < -0.3 is 9.47 Å². The molecule has 2 amide bonds. The van der Waals surface area contributed by atoms with Gasteiger partial charge in [-0.1, -0.05) is 24.3 Å². The standard InChI is InChI=1S/C21H19NO5S/c1-3-22-19(23)18(28-21(22)25)12-15-5-4-6-17(11-15)27-13-14-7-9-16(10-8-14)20(24)26-2/h4-12H,3,13H2,1-2H3. The molecule has 1 heterocycles. The SMILES string of the molecule is CCN1C(=O)SC(=Cc2cccc(OCc3ccc(C(=O)OC)cc3)c2)C1=O. The minimum Gasteiger partial charge on any atom is -0.489 e. The average molecular weight is 397 g/mol. The van der Waals surface area contributed by atoms with Crippen LogP contribution in [0.25, 0.3) is 6.08 Å². The van der Waals surface area contributed by atoms with Crippen LogP contribution in [0.3, 0.4) is 0 Å². The minimum absolute atomic E-state index is 0.249. The van der Waals surface area contributed by atoms with Crippen LogP contribution in [0.15, 0.2) is 53.4 Å². The zero-order chi connectivity index (χ0) is 20.1. The molecule has 2 aromatic rings. The number of likely N-dealkylation sites (N-methyl/N-ethyl adjacent to an activating group) is 1. The average Bonchev–Trinajstić information content (AvgIpc) is 2.98. The summed E-state index contributed by atoms with van der Waals surface area (Å²) in [6.07, 6.45) is 1.69. The van der Waals surface area contributed by atoms with Crippen molar-refractivity contribution in [2.24, 2.45) is 0 Å². The molecule has 1 fully saturated rings. The highest BCUT2D eigenvalue weighted by atomic mass is 32.2. The molecule has 3 rings (SSSR count). The maximum Gasteiger partial charge on any atom is 0.337 e. The summed E-state index contributed by atoms with van der Waals surface area (Å²) in [5.74, 6) is -0.0114. The van der Waals surface area contributed by atoms with E-state index in [1.165, 1.54) is 12.0 Å². The molecule has 0 aromatic heterocycles. The highest BCUT2D eigenvalue weighted by Crippen LogP contribution is 2.32. The lowest BCUT2D eigenvalue weighted by atomic mass is 10.1. The molecule has 6 nitrogen and oxygen atoms in total. The Balaban J connectivity index is 1.67. The first-order chi connectivity index (χ1) is 13.5. The number of carbonyl (C=O) groups is 3. The highest BCUT2D eigenvalue weighted by Gasteiger charge is 2.33. The van der Waals surface area contributed by atoms with E-state index in [1.807, 2.05) is 24.3 Å². The third-order valence-corrected chi connectivity index (χ3v) is 5.03. The van der Waals surface area contributed by atoms with Crippen LogP contribution >= 0.6 is 11.8 Å². The third kappa shape index (κ3) is 4.43. The summed E-state index contributed by atoms with van der Waals surface area (Å²) in [7, 11) is 1.34. The molecule has 0 spiro atoms. The molecule has 1 aliphatic rings. The van der Waals surface area contributed by atoms with Crippen molar-refractivity contribution >= 4 is 35.0 Å². The van der Waals surface area contributed by atoms with Gasteiger partial charge in [0.25, 0.3) is 11.1 Å². The first-order valence-electron chi connectivity index (χ1n) is 8.67. The van der Waals surface area contributed by atoms with Gasteiger partial charge in [-0.25, -0.2) is 4.79 Å². The fourth-order valence-corrected chi connectivity index (χ4v) is 3.54. The molecule has 0 radical (unpaired) electrons. The normalized spacial score (nSPS) is 15.2. The summed E-state index contributed by atoms with van der Waals surface area (Å²) in [5, 5.41) is -0.249. The lowest BCUT2D eigenvalue weighted by molar-refractivity contribution is -0.122. The maximum atomic E-state index is 12.2. The van der Waals surface area contributed by atoms with Gasteiger partial charge in [-0.15, -0.1) is 0 Å². The quantitative estimate of drug-likeness (QED) is 0.540. The summed E-state index contributed by atoms with van der Waals surface area (Å²) >= 11 is 0.943. The molecule has 28 heavy (non-hydrogen) atoms. The molecule has 1 aliphatic heterocycles. The lowest BCUT2D eigenvalue weighted by Gasteiger charge is -2.08. The van der Waals surface area contributed by atoms with Gasteiger partial charge in [-0.2, -0.15) is 0 Å². The van der Waals surface area contributed by atoms with Crippen molar-refractivity contribution in [1.82, 2.24) is 4.90 Å². The number of imide groups is 1. The number of benzene rings is 2. The number of rotatable bonds is 6. The Morgan fingerprint density at radius 3 is 2.54 bits per heavy atom. The van der Waals surface area contributed by atoms with Crippen LogP contribution in [0.5, 0.6) is 5.75 Å². The second-order valence-corrected chi connectivity index (χ2v) is 6.97. The maximum absolute atomic E-state index is 12.2. The predicted molar refractivity (Wildman–Crippen MR) is 107 cm³/mol. The molecule has 0 unspecified atom stereocenters. The highest BCUT2D eigenvalue weighted by molar-refractivity contribution is 8.18. The molecule has 0 saturated carbocycles. The summed E-state index contributed by atoms with van der Waals surface area (Å²) in [5.41, 5.74) is 2.16. The summed E-state index contributed by atoms with van der Waals surface area (Å²) < 4.78 is 10.5. The summed E-state index contributed by atoms with van der Waals surface area (Å²) in [4.78, 5) is 37.1. The lowest BCUT2D eigenvalue weighted by Crippen LogP contribution is -2.27. The van der Waals surface area contributed by atoms with Crippen molar-refractivity contribution in [3.05, 3.63) is 70.1 Å². The van der Waals surface area contributed by atoms with E-state index in [2.05, 4.69) is 4.74 Å². The van der Waals surface area contributed by atoms with Crippen molar-refractivity contribution in [3.63, 3.8) is 0 Å². The fraction of sp³-hybridized carbons (Fsp3) is 0.190. The number of amides is 2. The Labute approximate surface area is 167 Å². The number of methoxy groups -OCH3 is 1. The Kier molecular flexibility index (Phi) is 6.16. The summed E-state index contributed by atoms with van der Waals surface area (Å²) in [6, 6.07) is 14.3. The number of ether oxygens (including phenoxy) is 2. The number of thioether (sulfide) groups is 1. The van der Waals surface area contributed by atoms with Crippen LogP contribution in [-0.4, -0.2) is 35.7 Å². The molecule has 0 atom stereocenters. The van der Waals surface area contributed by atoms with E-state index in [-0.39, 0.29) is 17.1 Å². The van der Waals surface area contributed by atoms with Crippen LogP contribution in [0.4, 0.5) is 4.79 Å². The van der Waals surface area contributed by atoms with Crippen molar-refractivity contribution in [1.29, 1.82) is 0 Å². The number of hydrogen-bond acceptors (Lipinski definition) is 6. The molecular formula is C21H19NO5S. The van der Waals surface area contributed by atoms with E-state index < -0.39 is 0 Å². The van der Waals surface area contributed by atoms with Gasteiger partial charge >= 0.3 is 5.97 Å². The molecule has 2 aromatic carbocycles. The van der Waals surface area contributed by atoms with Crippen molar-refractivity contribution < 1.29 is 23.9 Å². The first kappa shape index (κ1) is 19.7. The van der Waals surface area contributed by atoms with Gasteiger partial charge in [0, 0.05) is 6.54 Å². The van der Waals surface area contributed by atoms with Gasteiger partial charge in [-0.3, -0.25) is 14.5 Å². The Morgan fingerprint density at radius 1 is 1.14 bits per heavy atom. The number of esters is 1. The second-order valence-electron chi connectivity index (χ2n) is 5.98. The van der Waals surface area contributed by atoms with E-state index in [4.69, 9.17) is 4.74 Å². The van der Waals surface area contributed by atoms with Gasteiger partial charge in [0.05, 0.1) is 17.6 Å². The van der Waals surface area contributed by atoms with Gasteiger partial charge in [0.15, 0.2) is 0 Å². The first-order valence-corrected chi connectivity index (χ1v) is 9.49. The molecule has 0 N–H and O–H groups in total. The van der Waals surface area contributed by atoms with Gasteiger partial charge in [0.2, 0.25) is 0 Å². The largest absolute Gasteiger partial charge is 0.489 e. The minimum atomic E-state index is -0.382. The van der Waals surface area contributed by atoms with E-state index >= 15 is 0 Å². The molecule has 0 aliphatic carbocycles. The van der Waals surface area contributed by atoms with Crippen molar-refractivity contribution in [2.75, 3.05) is 13.7 Å². The van der Waals surface area contributed by atoms with Crippen LogP contribution in [0, 0.1) is 0 Å². The van der Waals surface area contributed by atoms with Crippen LogP contribution < -0.4 is 4.74 Å². The molecule has 0 bridgehead atoms. The number of carbonyl (C=O) groups excluding carboxylic acids is 3. The predicted octanol–water partition coefficient (Wildman–Crippen LogP) is 4.11. The Morgan fingerprint density at radius 2 is 1.89 bits per heavy atom. The molecule has 7 heteroatoms. The fourth-order valence-electron chi connectivity index (χ4n) is 2.64. The smallest absolute Gasteiger partial charge is 0.337 e. The van der Waals surface area contributed by atoms with E-state index in [1.54, 1.807) is 37.3 Å². The monoisotopic (exact) mass is 397 g/mol. The van der Waals surface area contributed by atoms with Crippen LogP contribution in [0.1, 0.15) is 28.4 Å². The number of nitrogens with zero attached hydrogens (tertiary/aromatic N) is 1. The van der Waals surface area contributed by atoms with E-state index in [0.29, 0.717) is 29.4 Å². The molecular weight excluding hydrogens is 378 g/mol. The van der Waals surface area contributed by atoms with E-state index in [9.17, 15) is 14.4 Å². The topological polar surface area (TPSA) is 72.9 Å². The third-order valence-electron chi connectivity index (χ3n) is 4.13. The van der Waals surface area contributed by atoms with Crippen LogP contribution in [-0.2, 0) is 16.1 Å². The van der Waals surface area contributed by atoms with Crippen LogP contribution in [0.2, 0.25) is 0 Å². The van der Waals surface area contributed by atoms with E-state index in [0.717, 1.165) is 22.9 Å². The zero-order valence-corrected chi connectivity index (χ0v) is 16.3. The second kappa shape index (κ2) is 8.75. The van der Waals surface area contributed by atoms with Crippen molar-refractivity contribution in [3.8, 4) is 5.75 Å². The Bertz CT molecular complexity index is 936. The van der Waals surface area contributed by atoms with Crippen molar-refractivity contribution in [2.45, 2.75) is 13.5 Å². The molecule has 1 saturated heterocycles. The van der Waals surface area contributed by atoms with Gasteiger partial charge in [-0.05, 0) is 60.2 Å². The zero-order valence-electron chi connectivity index (χ0n) is 15.5. The molecule has 144 valence electrons. The summed E-state index contributed by atoms with van der Waals surface area (Å²) in [6.45, 7) is 2.46. The number of hydrogen-bond donors (Lipinski definition) is 0. The Hall–Kier alpha value is -3.06. The van der Waals surface area contributed by atoms with Gasteiger partial charge in [0.1, 0.15) is 12.4 Å².